The summed E-state index contributed by atoms with van der Waals surface area (Å²) in [7, 11) is 0. The predicted molar refractivity (Wildman–Crippen MR) is 86.4 cm³/mol. The standard InChI is InChI=1S/C12H9BrCl2N4O3/c1-6-10(13)12(19(21)22)17-18(6)5-9(20)16-8-4-2-3-7(14)11(8)15/h2-4H,5H2,1H3,(H,16,20). The Labute approximate surface area is 143 Å². The first-order valence-electron chi connectivity index (χ1n) is 5.92. The second kappa shape index (κ2) is 6.64. The molecule has 0 saturated carbocycles. The minimum Gasteiger partial charge on any atom is -0.358 e. The monoisotopic (exact) mass is 406 g/mol. The van der Waals surface area contributed by atoms with Crippen LogP contribution in [0.5, 0.6) is 0 Å². The Bertz CT molecular complexity index is 763. The Balaban J connectivity index is 2.18. The van der Waals surface area contributed by atoms with Gasteiger partial charge in [0.25, 0.3) is 0 Å². The Morgan fingerprint density at radius 1 is 1.50 bits per heavy atom. The van der Waals surface area contributed by atoms with Gasteiger partial charge in [0.15, 0.2) is 0 Å². The van der Waals surface area contributed by atoms with Crippen molar-refractivity contribution >= 4 is 56.5 Å². The SMILES string of the molecule is Cc1c(Br)c([N+](=O)[O-])nn1CC(=O)Nc1cccc(Cl)c1Cl. The zero-order valence-electron chi connectivity index (χ0n) is 11.1. The molecule has 0 fully saturated rings. The zero-order chi connectivity index (χ0) is 16.4. The molecule has 2 rings (SSSR count). The maximum atomic E-state index is 12.0. The summed E-state index contributed by atoms with van der Waals surface area (Å²) in [6.45, 7) is 1.42. The highest BCUT2D eigenvalue weighted by atomic mass is 79.9. The number of nitro groups is 1. The fraction of sp³-hybridized carbons (Fsp3) is 0.167. The van der Waals surface area contributed by atoms with Crippen molar-refractivity contribution in [3.8, 4) is 0 Å². The molecular weight excluding hydrogens is 399 g/mol. The van der Waals surface area contributed by atoms with Crippen molar-refractivity contribution < 1.29 is 9.72 Å². The van der Waals surface area contributed by atoms with Crippen molar-refractivity contribution in [3.05, 3.63) is 48.5 Å². The maximum Gasteiger partial charge on any atom is 0.404 e. The Kier molecular flexibility index (Phi) is 5.05. The molecule has 0 radical (unpaired) electrons. The number of carbonyl (C=O) groups is 1. The molecule has 0 aliphatic rings. The molecule has 0 bridgehead atoms. The molecule has 116 valence electrons. The highest BCUT2D eigenvalue weighted by molar-refractivity contribution is 9.10. The minimum atomic E-state index is -0.626. The van der Waals surface area contributed by atoms with Crippen molar-refractivity contribution in [2.75, 3.05) is 5.32 Å². The second-order valence-electron chi connectivity index (χ2n) is 4.29. The second-order valence-corrected chi connectivity index (χ2v) is 5.87. The maximum absolute atomic E-state index is 12.0. The molecule has 0 aliphatic heterocycles. The third-order valence-corrected chi connectivity index (χ3v) is 4.56. The van der Waals surface area contributed by atoms with Crippen LogP contribution >= 0.6 is 39.1 Å². The average molecular weight is 408 g/mol. The van der Waals surface area contributed by atoms with E-state index >= 15 is 0 Å². The van der Waals surface area contributed by atoms with E-state index in [-0.39, 0.29) is 21.9 Å². The van der Waals surface area contributed by atoms with Crippen LogP contribution in [-0.4, -0.2) is 20.6 Å². The zero-order valence-corrected chi connectivity index (χ0v) is 14.2. The molecule has 0 spiro atoms. The lowest BCUT2D eigenvalue weighted by Gasteiger charge is -2.07. The fourth-order valence-corrected chi connectivity index (χ4v) is 2.48. The average Bonchev–Trinajstić information content (AvgIpc) is 2.72. The lowest BCUT2D eigenvalue weighted by atomic mass is 10.3. The van der Waals surface area contributed by atoms with E-state index in [4.69, 9.17) is 23.2 Å². The molecular formula is C12H9BrCl2N4O3. The third kappa shape index (κ3) is 3.40. The van der Waals surface area contributed by atoms with Gasteiger partial charge in [0, 0.05) is 0 Å². The molecule has 1 amide bonds. The Morgan fingerprint density at radius 2 is 2.18 bits per heavy atom. The first kappa shape index (κ1) is 16.7. The number of nitrogens with one attached hydrogen (secondary N) is 1. The summed E-state index contributed by atoms with van der Waals surface area (Å²) in [6, 6.07) is 4.84. The van der Waals surface area contributed by atoms with E-state index in [0.29, 0.717) is 16.4 Å². The number of carbonyl (C=O) groups excluding carboxylic acids is 1. The molecule has 0 atom stereocenters. The largest absolute Gasteiger partial charge is 0.404 e. The lowest BCUT2D eigenvalue weighted by Crippen LogP contribution is -2.20. The number of aromatic nitrogens is 2. The number of anilines is 1. The van der Waals surface area contributed by atoms with Gasteiger partial charge in [-0.05, 0) is 39.9 Å². The number of nitrogens with zero attached hydrogens (tertiary/aromatic N) is 3. The summed E-state index contributed by atoms with van der Waals surface area (Å²) in [6.07, 6.45) is 0. The molecule has 1 aromatic heterocycles. The van der Waals surface area contributed by atoms with E-state index in [2.05, 4.69) is 26.3 Å². The van der Waals surface area contributed by atoms with Crippen LogP contribution in [0.15, 0.2) is 22.7 Å². The molecule has 0 saturated heterocycles. The van der Waals surface area contributed by atoms with Crippen molar-refractivity contribution in [3.63, 3.8) is 0 Å². The molecule has 1 aromatic carbocycles. The van der Waals surface area contributed by atoms with Gasteiger partial charge in [0.05, 0.1) is 26.5 Å². The fourth-order valence-electron chi connectivity index (χ4n) is 1.71. The van der Waals surface area contributed by atoms with Gasteiger partial charge < -0.3 is 15.4 Å². The third-order valence-electron chi connectivity index (χ3n) is 2.81. The Hall–Kier alpha value is -1.64. The molecule has 1 N–H and O–H groups in total. The summed E-state index contributed by atoms with van der Waals surface area (Å²) in [5.74, 6) is -0.775. The van der Waals surface area contributed by atoms with Gasteiger partial charge in [-0.2, -0.15) is 4.68 Å². The quantitative estimate of drug-likeness (QED) is 0.616. The highest BCUT2D eigenvalue weighted by Crippen LogP contribution is 2.30. The molecule has 0 aliphatic carbocycles. The van der Waals surface area contributed by atoms with Crippen LogP contribution in [0, 0.1) is 17.0 Å². The van der Waals surface area contributed by atoms with E-state index in [0.717, 1.165) is 0 Å². The number of hydrogen-bond acceptors (Lipinski definition) is 4. The van der Waals surface area contributed by atoms with Crippen molar-refractivity contribution in [1.82, 2.24) is 9.78 Å². The van der Waals surface area contributed by atoms with E-state index < -0.39 is 10.8 Å². The molecule has 2 aromatic rings. The molecule has 7 nitrogen and oxygen atoms in total. The van der Waals surface area contributed by atoms with Gasteiger partial charge in [-0.25, -0.2) is 0 Å². The van der Waals surface area contributed by atoms with Crippen LogP contribution in [0.4, 0.5) is 11.5 Å². The summed E-state index contributed by atoms with van der Waals surface area (Å²) < 4.78 is 1.47. The molecule has 0 unspecified atom stereocenters. The van der Waals surface area contributed by atoms with Crippen molar-refractivity contribution in [2.45, 2.75) is 13.5 Å². The number of halogens is 3. The highest BCUT2D eigenvalue weighted by Gasteiger charge is 2.24. The van der Waals surface area contributed by atoms with Gasteiger partial charge in [0.1, 0.15) is 11.0 Å². The van der Waals surface area contributed by atoms with Gasteiger partial charge in [-0.3, -0.25) is 4.79 Å². The van der Waals surface area contributed by atoms with E-state index in [9.17, 15) is 14.9 Å². The first-order valence-corrected chi connectivity index (χ1v) is 7.47. The van der Waals surface area contributed by atoms with Gasteiger partial charge in [0.2, 0.25) is 5.91 Å². The van der Waals surface area contributed by atoms with Crippen LogP contribution < -0.4 is 5.32 Å². The van der Waals surface area contributed by atoms with Gasteiger partial charge >= 0.3 is 5.82 Å². The summed E-state index contributed by atoms with van der Waals surface area (Å²) in [5, 5.41) is 17.7. The normalized spacial score (nSPS) is 10.5. The summed E-state index contributed by atoms with van der Waals surface area (Å²) in [5.41, 5.74) is 0.830. The molecule has 22 heavy (non-hydrogen) atoms. The van der Waals surface area contributed by atoms with Crippen molar-refractivity contribution in [2.24, 2.45) is 0 Å². The van der Waals surface area contributed by atoms with Crippen LogP contribution in [-0.2, 0) is 11.3 Å². The molecule has 1 heterocycles. The first-order chi connectivity index (χ1) is 10.3. The molecule has 10 heteroatoms. The van der Waals surface area contributed by atoms with Gasteiger partial charge in [-0.15, -0.1) is 0 Å². The minimum absolute atomic E-state index is 0.193. The van der Waals surface area contributed by atoms with Crippen LogP contribution in [0.3, 0.4) is 0 Å². The topological polar surface area (TPSA) is 90.1 Å². The summed E-state index contributed by atoms with van der Waals surface area (Å²) in [4.78, 5) is 22.2. The predicted octanol–water partition coefficient (Wildman–Crippen LogP) is 3.81. The van der Waals surface area contributed by atoms with E-state index in [1.165, 1.54) is 4.68 Å². The number of amides is 1. The van der Waals surface area contributed by atoms with Gasteiger partial charge in [-0.1, -0.05) is 29.3 Å². The number of rotatable bonds is 4. The van der Waals surface area contributed by atoms with Crippen LogP contribution in [0.25, 0.3) is 0 Å². The van der Waals surface area contributed by atoms with Crippen LogP contribution in [0.1, 0.15) is 5.69 Å². The smallest absolute Gasteiger partial charge is 0.358 e. The number of benzene rings is 1. The van der Waals surface area contributed by atoms with E-state index in [1.54, 1.807) is 25.1 Å². The van der Waals surface area contributed by atoms with Crippen LogP contribution in [0.2, 0.25) is 10.0 Å². The lowest BCUT2D eigenvalue weighted by molar-refractivity contribution is -0.390. The Morgan fingerprint density at radius 3 is 2.77 bits per heavy atom. The van der Waals surface area contributed by atoms with Crippen molar-refractivity contribution in [1.29, 1.82) is 0 Å². The van der Waals surface area contributed by atoms with E-state index in [1.807, 2.05) is 0 Å². The summed E-state index contributed by atoms with van der Waals surface area (Å²) >= 11 is 14.9. The number of hydrogen-bond donors (Lipinski definition) is 1.